The van der Waals surface area contributed by atoms with Crippen LogP contribution in [-0.2, 0) is 0 Å². The van der Waals surface area contributed by atoms with Gasteiger partial charge in [0.2, 0.25) is 0 Å². The van der Waals surface area contributed by atoms with Gasteiger partial charge in [-0.25, -0.2) is 0 Å². The van der Waals surface area contributed by atoms with Gasteiger partial charge in [-0.15, -0.1) is 0 Å². The minimum absolute atomic E-state index is 0.742. The first kappa shape index (κ1) is 11.0. The molecule has 16 heavy (non-hydrogen) atoms. The summed E-state index contributed by atoms with van der Waals surface area (Å²) < 4.78 is 0. The van der Waals surface area contributed by atoms with Gasteiger partial charge in [-0.1, -0.05) is 0 Å². The molecule has 3 fully saturated rings. The maximum absolute atomic E-state index is 3.88. The van der Waals surface area contributed by atoms with Crippen molar-refractivity contribution >= 4 is 0 Å². The third-order valence-electron chi connectivity index (χ3n) is 4.59. The molecule has 0 saturated carbocycles. The Kier molecular flexibility index (Phi) is 3.46. The molecule has 3 saturated heterocycles. The van der Waals surface area contributed by atoms with Crippen LogP contribution in [0.3, 0.4) is 0 Å². The van der Waals surface area contributed by atoms with Crippen LogP contribution in [0.15, 0.2) is 0 Å². The fourth-order valence-electron chi connectivity index (χ4n) is 3.70. The average molecular weight is 223 g/mol. The highest BCUT2D eigenvalue weighted by Crippen LogP contribution is 2.27. The Morgan fingerprint density at radius 3 is 2.88 bits per heavy atom. The highest BCUT2D eigenvalue weighted by molar-refractivity contribution is 4.91. The van der Waals surface area contributed by atoms with Gasteiger partial charge >= 0.3 is 0 Å². The number of fused-ring (bicyclic) bond motifs is 1. The minimum Gasteiger partial charge on any atom is -0.315 e. The summed E-state index contributed by atoms with van der Waals surface area (Å²) in [6.45, 7) is 5.11. The van der Waals surface area contributed by atoms with Gasteiger partial charge in [0.05, 0.1) is 0 Å². The van der Waals surface area contributed by atoms with Crippen molar-refractivity contribution in [3.05, 3.63) is 0 Å². The van der Waals surface area contributed by atoms with E-state index in [1.807, 2.05) is 0 Å². The van der Waals surface area contributed by atoms with E-state index in [1.165, 1.54) is 64.7 Å². The first-order chi connectivity index (χ1) is 7.92. The van der Waals surface area contributed by atoms with Gasteiger partial charge in [0, 0.05) is 24.7 Å². The van der Waals surface area contributed by atoms with Crippen LogP contribution in [0.2, 0.25) is 0 Å². The lowest BCUT2D eigenvalue weighted by atomic mass is 9.96. The third kappa shape index (κ3) is 2.41. The number of piperidine rings is 2. The molecule has 0 aromatic rings. The summed E-state index contributed by atoms with van der Waals surface area (Å²) >= 11 is 0. The van der Waals surface area contributed by atoms with Crippen LogP contribution in [0.25, 0.3) is 0 Å². The van der Waals surface area contributed by atoms with Crippen molar-refractivity contribution < 1.29 is 0 Å². The van der Waals surface area contributed by atoms with E-state index in [-0.39, 0.29) is 0 Å². The summed E-state index contributed by atoms with van der Waals surface area (Å²) in [5.41, 5.74) is 0. The highest BCUT2D eigenvalue weighted by atomic mass is 15.2. The Labute approximate surface area is 99.0 Å². The van der Waals surface area contributed by atoms with Crippen molar-refractivity contribution in [2.75, 3.05) is 26.2 Å². The predicted molar refractivity (Wildman–Crippen MR) is 66.6 cm³/mol. The first-order valence-corrected chi connectivity index (χ1v) is 7.12. The maximum atomic E-state index is 3.88. The zero-order chi connectivity index (χ0) is 10.8. The van der Waals surface area contributed by atoms with Crippen LogP contribution in [-0.4, -0.2) is 49.2 Å². The summed E-state index contributed by atoms with van der Waals surface area (Å²) in [6, 6.07) is 2.44. The quantitative estimate of drug-likeness (QED) is 0.730. The fraction of sp³-hybridized carbons (Fsp3) is 1.00. The molecule has 3 aliphatic heterocycles. The largest absolute Gasteiger partial charge is 0.315 e. The van der Waals surface area contributed by atoms with E-state index < -0.39 is 0 Å². The lowest BCUT2D eigenvalue weighted by Gasteiger charge is -2.38. The standard InChI is InChI=1S/C13H25N3/c1-3-12(10-14-6-1)15-11-5-8-16-7-2-4-13(16)9-11/h11-15H,1-10H2. The molecule has 3 aliphatic rings. The lowest BCUT2D eigenvalue weighted by molar-refractivity contribution is 0.157. The van der Waals surface area contributed by atoms with Crippen molar-refractivity contribution in [2.45, 2.75) is 56.7 Å². The van der Waals surface area contributed by atoms with Gasteiger partial charge in [-0.3, -0.25) is 0 Å². The molecule has 3 unspecified atom stereocenters. The highest BCUT2D eigenvalue weighted by Gasteiger charge is 2.32. The Bertz CT molecular complexity index is 225. The Hall–Kier alpha value is -0.120. The van der Waals surface area contributed by atoms with E-state index in [1.54, 1.807) is 0 Å². The van der Waals surface area contributed by atoms with E-state index in [4.69, 9.17) is 0 Å². The molecule has 0 amide bonds. The number of hydrogen-bond acceptors (Lipinski definition) is 3. The smallest absolute Gasteiger partial charge is 0.0195 e. The average Bonchev–Trinajstić information content (AvgIpc) is 2.77. The number of nitrogens with one attached hydrogen (secondary N) is 2. The number of rotatable bonds is 2. The lowest BCUT2D eigenvalue weighted by Crippen LogP contribution is -2.52. The molecule has 0 radical (unpaired) electrons. The van der Waals surface area contributed by atoms with Crippen LogP contribution < -0.4 is 10.6 Å². The molecular weight excluding hydrogens is 198 g/mol. The summed E-state index contributed by atoms with van der Waals surface area (Å²) in [5.74, 6) is 0. The second-order valence-electron chi connectivity index (χ2n) is 5.76. The zero-order valence-corrected chi connectivity index (χ0v) is 10.3. The van der Waals surface area contributed by atoms with Crippen molar-refractivity contribution in [1.82, 2.24) is 15.5 Å². The third-order valence-corrected chi connectivity index (χ3v) is 4.59. The first-order valence-electron chi connectivity index (χ1n) is 7.12. The van der Waals surface area contributed by atoms with Crippen molar-refractivity contribution in [3.8, 4) is 0 Å². The predicted octanol–water partition coefficient (Wildman–Crippen LogP) is 0.955. The molecule has 0 aromatic carbocycles. The Morgan fingerprint density at radius 1 is 1.00 bits per heavy atom. The minimum atomic E-state index is 0.742. The Balaban J connectivity index is 1.48. The molecule has 0 aromatic heterocycles. The van der Waals surface area contributed by atoms with Gasteiger partial charge in [0.1, 0.15) is 0 Å². The van der Waals surface area contributed by atoms with Crippen LogP contribution in [0.1, 0.15) is 38.5 Å². The summed E-state index contributed by atoms with van der Waals surface area (Å²) in [4.78, 5) is 2.71. The zero-order valence-electron chi connectivity index (χ0n) is 10.3. The number of nitrogens with zero attached hydrogens (tertiary/aromatic N) is 1. The molecule has 3 rings (SSSR count). The molecule has 2 N–H and O–H groups in total. The van der Waals surface area contributed by atoms with Crippen molar-refractivity contribution in [2.24, 2.45) is 0 Å². The van der Waals surface area contributed by atoms with Crippen LogP contribution in [0, 0.1) is 0 Å². The van der Waals surface area contributed by atoms with Crippen LogP contribution in [0.4, 0.5) is 0 Å². The maximum Gasteiger partial charge on any atom is 0.0195 e. The van der Waals surface area contributed by atoms with Gasteiger partial charge in [0.25, 0.3) is 0 Å². The monoisotopic (exact) mass is 223 g/mol. The van der Waals surface area contributed by atoms with E-state index in [2.05, 4.69) is 15.5 Å². The molecule has 3 nitrogen and oxygen atoms in total. The van der Waals surface area contributed by atoms with Crippen molar-refractivity contribution in [1.29, 1.82) is 0 Å². The van der Waals surface area contributed by atoms with E-state index in [0.717, 1.165) is 18.1 Å². The van der Waals surface area contributed by atoms with Crippen LogP contribution in [0.5, 0.6) is 0 Å². The van der Waals surface area contributed by atoms with Gasteiger partial charge in [0.15, 0.2) is 0 Å². The molecule has 0 aliphatic carbocycles. The second kappa shape index (κ2) is 5.03. The molecule has 0 bridgehead atoms. The molecular formula is C13H25N3. The van der Waals surface area contributed by atoms with Crippen molar-refractivity contribution in [3.63, 3.8) is 0 Å². The summed E-state index contributed by atoms with van der Waals surface area (Å²) in [7, 11) is 0. The fourth-order valence-corrected chi connectivity index (χ4v) is 3.70. The normalized spacial score (nSPS) is 40.9. The van der Waals surface area contributed by atoms with Crippen LogP contribution >= 0.6 is 0 Å². The molecule has 0 spiro atoms. The van der Waals surface area contributed by atoms with E-state index in [9.17, 15) is 0 Å². The van der Waals surface area contributed by atoms with Gasteiger partial charge in [-0.2, -0.15) is 0 Å². The van der Waals surface area contributed by atoms with Gasteiger partial charge < -0.3 is 15.5 Å². The molecule has 3 atom stereocenters. The summed E-state index contributed by atoms with van der Waals surface area (Å²) in [5, 5.41) is 7.38. The molecule has 3 heteroatoms. The van der Waals surface area contributed by atoms with E-state index >= 15 is 0 Å². The topological polar surface area (TPSA) is 27.3 Å². The number of hydrogen-bond donors (Lipinski definition) is 2. The summed E-state index contributed by atoms with van der Waals surface area (Å²) in [6.07, 6.45) is 8.37. The SMILES string of the molecule is C1CNCC(NC2CCN3CCCC3C2)C1. The van der Waals surface area contributed by atoms with Gasteiger partial charge in [-0.05, 0) is 58.2 Å². The van der Waals surface area contributed by atoms with E-state index in [0.29, 0.717) is 0 Å². The second-order valence-corrected chi connectivity index (χ2v) is 5.76. The molecule has 92 valence electrons. The Morgan fingerprint density at radius 2 is 2.00 bits per heavy atom. The molecule has 3 heterocycles.